The number of likely N-dealkylation sites (N-methyl/N-ethyl adjacent to an activating group) is 1. The average molecular weight is 502 g/mol. The van der Waals surface area contributed by atoms with Crippen molar-refractivity contribution in [2.75, 3.05) is 40.4 Å². The molecule has 3 rings (SSSR count). The van der Waals surface area contributed by atoms with Gasteiger partial charge in [-0.15, -0.1) is 0 Å². The van der Waals surface area contributed by atoms with E-state index in [4.69, 9.17) is 9.47 Å². The van der Waals surface area contributed by atoms with Gasteiger partial charge in [0.15, 0.2) is 0 Å². The van der Waals surface area contributed by atoms with Gasteiger partial charge in [-0.2, -0.15) is 0 Å². The van der Waals surface area contributed by atoms with Crippen LogP contribution in [0.2, 0.25) is 0 Å². The Labute approximate surface area is 214 Å². The Hall–Kier alpha value is -2.68. The van der Waals surface area contributed by atoms with Crippen molar-refractivity contribution in [1.29, 1.82) is 0 Å². The summed E-state index contributed by atoms with van der Waals surface area (Å²) in [6, 6.07) is 13.4. The molecule has 0 radical (unpaired) electrons. The van der Waals surface area contributed by atoms with E-state index in [0.717, 1.165) is 19.3 Å². The summed E-state index contributed by atoms with van der Waals surface area (Å²) in [4.78, 5) is 14.7. The molecule has 8 heteroatoms. The summed E-state index contributed by atoms with van der Waals surface area (Å²) in [5, 5.41) is 18.4. The predicted octanol–water partition coefficient (Wildman–Crippen LogP) is 4.65. The smallest absolute Gasteiger partial charge is 0.317 e. The first-order valence-electron chi connectivity index (χ1n) is 12.8. The Bertz CT molecular complexity index is 961. The molecule has 0 saturated carbocycles. The first kappa shape index (κ1) is 27.9. The van der Waals surface area contributed by atoms with E-state index in [1.54, 1.807) is 18.1 Å². The van der Waals surface area contributed by atoms with Crippen LogP contribution in [-0.4, -0.2) is 62.5 Å². The van der Waals surface area contributed by atoms with Gasteiger partial charge in [-0.05, 0) is 76.4 Å². The van der Waals surface area contributed by atoms with Gasteiger partial charge in [-0.25, -0.2) is 9.18 Å². The number of carbonyl (C=O) groups excluding carboxylic acids is 1. The highest BCUT2D eigenvalue weighted by Crippen LogP contribution is 2.44. The molecule has 36 heavy (non-hydrogen) atoms. The van der Waals surface area contributed by atoms with Crippen molar-refractivity contribution in [3.05, 3.63) is 59.9 Å². The number of likely N-dealkylation sites (tertiary alicyclic amines) is 1. The van der Waals surface area contributed by atoms with Crippen LogP contribution in [0.1, 0.15) is 44.6 Å². The van der Waals surface area contributed by atoms with Crippen molar-refractivity contribution in [3.8, 4) is 11.5 Å². The largest absolute Gasteiger partial charge is 0.457 e. The van der Waals surface area contributed by atoms with Gasteiger partial charge < -0.3 is 30.1 Å². The second-order valence-electron chi connectivity index (χ2n) is 9.62. The van der Waals surface area contributed by atoms with Crippen LogP contribution in [0, 0.1) is 11.7 Å². The number of ether oxygens (including phenoxy) is 2. The molecule has 0 aromatic heterocycles. The van der Waals surface area contributed by atoms with Gasteiger partial charge in [-0.3, -0.25) is 0 Å². The van der Waals surface area contributed by atoms with Crippen molar-refractivity contribution in [2.24, 2.45) is 5.92 Å². The lowest BCUT2D eigenvalue weighted by molar-refractivity contribution is -0.0576. The standard InChI is InChI=1S/C28H40FN3O4/c1-21(19-30-2)31-27(33)32-16-9-10-22(20-32)28(34,15-7-8-17-35-3)25-18-23(29)13-14-26(25)36-24-11-5-4-6-12-24/h4-6,11-14,18,21-22,30,34H,7-10,15-17,19-20H2,1-3H3,(H,31,33)/t21-,22+,28-/m0/s1. The third-order valence-corrected chi connectivity index (χ3v) is 6.80. The van der Waals surface area contributed by atoms with Gasteiger partial charge in [0.05, 0.1) is 5.60 Å². The number of aliphatic hydroxyl groups is 1. The van der Waals surface area contributed by atoms with E-state index in [-0.39, 0.29) is 18.0 Å². The van der Waals surface area contributed by atoms with Gasteiger partial charge in [0.25, 0.3) is 0 Å². The van der Waals surface area contributed by atoms with Crippen molar-refractivity contribution >= 4 is 6.03 Å². The minimum atomic E-state index is -1.38. The van der Waals surface area contributed by atoms with Crippen LogP contribution in [0.3, 0.4) is 0 Å². The Morgan fingerprint density at radius 3 is 2.75 bits per heavy atom. The van der Waals surface area contributed by atoms with Gasteiger partial charge >= 0.3 is 6.03 Å². The highest BCUT2D eigenvalue weighted by molar-refractivity contribution is 5.74. The van der Waals surface area contributed by atoms with Crippen LogP contribution >= 0.6 is 0 Å². The van der Waals surface area contributed by atoms with Gasteiger partial charge in [0.2, 0.25) is 0 Å². The van der Waals surface area contributed by atoms with E-state index in [9.17, 15) is 14.3 Å². The van der Waals surface area contributed by atoms with Crippen LogP contribution < -0.4 is 15.4 Å². The summed E-state index contributed by atoms with van der Waals surface area (Å²) < 4.78 is 25.9. The first-order valence-corrected chi connectivity index (χ1v) is 12.8. The van der Waals surface area contributed by atoms with E-state index in [1.165, 1.54) is 12.1 Å². The number of carbonyl (C=O) groups is 1. The molecule has 7 nitrogen and oxygen atoms in total. The monoisotopic (exact) mass is 501 g/mol. The molecule has 1 aliphatic heterocycles. The number of benzene rings is 2. The number of methoxy groups -OCH3 is 1. The molecular formula is C28H40FN3O4. The van der Waals surface area contributed by atoms with Crippen LogP contribution in [0.4, 0.5) is 9.18 Å². The Balaban J connectivity index is 1.91. The van der Waals surface area contributed by atoms with E-state index in [1.807, 2.05) is 44.3 Å². The summed E-state index contributed by atoms with van der Waals surface area (Å²) in [5.74, 6) is 0.308. The van der Waals surface area contributed by atoms with Crippen molar-refractivity contribution in [1.82, 2.24) is 15.5 Å². The summed E-state index contributed by atoms with van der Waals surface area (Å²) in [6.07, 6.45) is 3.33. The maximum absolute atomic E-state index is 14.6. The Kier molecular flexibility index (Phi) is 10.5. The zero-order chi connectivity index (χ0) is 26.0. The molecule has 3 N–H and O–H groups in total. The van der Waals surface area contributed by atoms with Gasteiger partial charge in [0.1, 0.15) is 17.3 Å². The molecular weight excluding hydrogens is 461 g/mol. The maximum atomic E-state index is 14.6. The molecule has 1 fully saturated rings. The summed E-state index contributed by atoms with van der Waals surface area (Å²) in [7, 11) is 3.49. The average Bonchev–Trinajstić information content (AvgIpc) is 2.88. The topological polar surface area (TPSA) is 83.1 Å². The zero-order valence-electron chi connectivity index (χ0n) is 21.6. The number of hydrogen-bond donors (Lipinski definition) is 3. The number of halogens is 1. The lowest BCUT2D eigenvalue weighted by Gasteiger charge is -2.43. The minimum absolute atomic E-state index is 0.0232. The van der Waals surface area contributed by atoms with E-state index < -0.39 is 11.4 Å². The van der Waals surface area contributed by atoms with Crippen LogP contribution in [0.25, 0.3) is 0 Å². The molecule has 2 aromatic rings. The third-order valence-electron chi connectivity index (χ3n) is 6.80. The number of unbranched alkanes of at least 4 members (excludes halogenated alkanes) is 1. The van der Waals surface area contributed by atoms with Gasteiger partial charge in [-0.1, -0.05) is 18.2 Å². The quantitative estimate of drug-likeness (QED) is 0.369. The summed E-state index contributed by atoms with van der Waals surface area (Å²) in [6.45, 7) is 4.18. The van der Waals surface area contributed by atoms with Crippen molar-refractivity contribution < 1.29 is 23.8 Å². The molecule has 0 bridgehead atoms. The van der Waals surface area contributed by atoms with Gasteiger partial charge in [0, 0.05) is 50.9 Å². The SMILES string of the molecule is CNC[C@H](C)NC(=O)N1CCC[C@@H]([C@@](O)(CCCCOC)c2cc(F)ccc2Oc2ccccc2)C1. The second-order valence-corrected chi connectivity index (χ2v) is 9.62. The van der Waals surface area contributed by atoms with E-state index >= 15 is 0 Å². The number of hydrogen-bond acceptors (Lipinski definition) is 5. The third kappa shape index (κ3) is 7.41. The number of para-hydroxylation sites is 1. The number of nitrogens with one attached hydrogen (secondary N) is 2. The van der Waals surface area contributed by atoms with Crippen LogP contribution in [0.5, 0.6) is 11.5 Å². The highest BCUT2D eigenvalue weighted by atomic mass is 19.1. The molecule has 0 spiro atoms. The second kappa shape index (κ2) is 13.6. The van der Waals surface area contributed by atoms with E-state index in [2.05, 4.69) is 10.6 Å². The molecule has 198 valence electrons. The minimum Gasteiger partial charge on any atom is -0.457 e. The molecule has 0 aliphatic carbocycles. The number of amides is 2. The zero-order valence-corrected chi connectivity index (χ0v) is 21.6. The number of urea groups is 1. The Morgan fingerprint density at radius 2 is 2.03 bits per heavy atom. The van der Waals surface area contributed by atoms with Crippen LogP contribution in [-0.2, 0) is 10.3 Å². The van der Waals surface area contributed by atoms with Crippen LogP contribution in [0.15, 0.2) is 48.5 Å². The number of nitrogens with zero attached hydrogens (tertiary/aromatic N) is 1. The predicted molar refractivity (Wildman–Crippen MR) is 139 cm³/mol. The maximum Gasteiger partial charge on any atom is 0.317 e. The van der Waals surface area contributed by atoms with Crippen molar-refractivity contribution in [3.63, 3.8) is 0 Å². The summed E-state index contributed by atoms with van der Waals surface area (Å²) >= 11 is 0. The molecule has 1 saturated heterocycles. The number of rotatable bonds is 12. The molecule has 3 atom stereocenters. The number of piperidine rings is 1. The molecule has 0 unspecified atom stereocenters. The Morgan fingerprint density at radius 1 is 1.25 bits per heavy atom. The molecule has 1 heterocycles. The molecule has 2 aromatic carbocycles. The fourth-order valence-electron chi connectivity index (χ4n) is 4.96. The normalized spacial score (nSPS) is 18.4. The fourth-order valence-corrected chi connectivity index (χ4v) is 4.96. The summed E-state index contributed by atoms with van der Waals surface area (Å²) in [5.41, 5.74) is -0.963. The first-order chi connectivity index (χ1) is 17.4. The van der Waals surface area contributed by atoms with E-state index in [0.29, 0.717) is 56.1 Å². The molecule has 1 aliphatic rings. The molecule has 2 amide bonds. The lowest BCUT2D eigenvalue weighted by atomic mass is 9.73. The van der Waals surface area contributed by atoms with Crippen molar-refractivity contribution in [2.45, 2.75) is 50.7 Å². The highest BCUT2D eigenvalue weighted by Gasteiger charge is 2.43. The lowest BCUT2D eigenvalue weighted by Crippen LogP contribution is -2.53. The fraction of sp³-hybridized carbons (Fsp3) is 0.536.